The zero-order valence-corrected chi connectivity index (χ0v) is 7.99. The molecule has 71 valence electrons. The van der Waals surface area contributed by atoms with Gasteiger partial charge in [0, 0.05) is 6.42 Å². The molecular formula is C10H7O3S. The van der Waals surface area contributed by atoms with Crippen LogP contribution in [-0.2, 0) is 14.7 Å². The third-order valence-electron chi connectivity index (χ3n) is 2.08. The Hall–Kier alpha value is -1.13. The molecular weight excluding hydrogens is 200 g/mol. The van der Waals surface area contributed by atoms with Gasteiger partial charge in [-0.1, -0.05) is 41.0 Å². The van der Waals surface area contributed by atoms with Crippen LogP contribution in [0.2, 0.25) is 0 Å². The van der Waals surface area contributed by atoms with Crippen LogP contribution in [0, 0.1) is 6.42 Å². The molecule has 1 aliphatic carbocycles. The summed E-state index contributed by atoms with van der Waals surface area (Å²) in [6, 6.07) is 6.90. The Labute approximate surface area is 82.8 Å². The topological polar surface area (TPSA) is 54.0 Å². The Kier molecular flexibility index (Phi) is 2.17. The van der Waals surface area contributed by atoms with Gasteiger partial charge in [-0.15, -0.1) is 0 Å². The Morgan fingerprint density at radius 1 is 1.21 bits per heavy atom. The largest absolute Gasteiger partial charge is 0.302 e. The number of fused-ring (bicyclic) bond motifs is 1. The van der Waals surface area contributed by atoms with Crippen LogP contribution in [0.1, 0.15) is 16.4 Å². The van der Waals surface area contributed by atoms with E-state index in [1.165, 1.54) is 6.08 Å². The van der Waals surface area contributed by atoms with Gasteiger partial charge in [-0.3, -0.25) is 0 Å². The van der Waals surface area contributed by atoms with E-state index in [9.17, 15) is 13.0 Å². The van der Waals surface area contributed by atoms with Gasteiger partial charge in [0.1, 0.15) is 5.25 Å². The minimum atomic E-state index is -4.35. The summed E-state index contributed by atoms with van der Waals surface area (Å²) in [5, 5.41) is -1.16. The van der Waals surface area contributed by atoms with Gasteiger partial charge in [-0.05, 0) is 11.1 Å². The van der Waals surface area contributed by atoms with Crippen molar-refractivity contribution < 1.29 is 13.0 Å². The van der Waals surface area contributed by atoms with Crippen molar-refractivity contribution in [3.63, 3.8) is 0 Å². The molecule has 0 amide bonds. The van der Waals surface area contributed by atoms with E-state index < -0.39 is 15.4 Å². The summed E-state index contributed by atoms with van der Waals surface area (Å²) >= 11 is 0. The zero-order chi connectivity index (χ0) is 10.2. The van der Waals surface area contributed by atoms with Crippen molar-refractivity contribution in [2.24, 2.45) is 0 Å². The molecule has 0 spiro atoms. The van der Waals surface area contributed by atoms with Gasteiger partial charge in [0.25, 0.3) is 0 Å². The molecule has 1 aromatic rings. The van der Waals surface area contributed by atoms with Gasteiger partial charge < -0.3 is 0 Å². The van der Waals surface area contributed by atoms with Crippen LogP contribution in [0.5, 0.6) is 0 Å². The summed E-state index contributed by atoms with van der Waals surface area (Å²) in [7, 11) is -4.35. The maximum atomic E-state index is 10.9. The van der Waals surface area contributed by atoms with Gasteiger partial charge in [0.2, 0.25) is 0 Å². The van der Waals surface area contributed by atoms with Crippen molar-refractivity contribution in [1.82, 2.24) is 0 Å². The van der Waals surface area contributed by atoms with Crippen molar-refractivity contribution in [2.75, 3.05) is 0 Å². The number of allylic oxidation sites excluding steroid dienone is 1. The van der Waals surface area contributed by atoms with Crippen LogP contribution >= 0.6 is 0 Å². The van der Waals surface area contributed by atoms with Gasteiger partial charge >= 0.3 is 10.1 Å². The van der Waals surface area contributed by atoms with Crippen LogP contribution in [0.4, 0.5) is 0 Å². The molecule has 1 aliphatic rings. The summed E-state index contributed by atoms with van der Waals surface area (Å²) in [5.74, 6) is 0. The molecule has 14 heavy (non-hydrogen) atoms. The minimum Gasteiger partial charge on any atom is -0.196 e. The van der Waals surface area contributed by atoms with Crippen LogP contribution in [0.15, 0.2) is 30.3 Å². The first-order valence-electron chi connectivity index (χ1n) is 4.05. The third-order valence-corrected chi connectivity index (χ3v) is 3.05. The Bertz CT molecular complexity index is 474. The van der Waals surface area contributed by atoms with E-state index in [1.54, 1.807) is 30.3 Å². The lowest BCUT2D eigenvalue weighted by Crippen LogP contribution is -2.14. The Balaban J connectivity index is 2.57. The average molecular weight is 207 g/mol. The van der Waals surface area contributed by atoms with Gasteiger partial charge in [-0.25, -0.2) is 0 Å². The quantitative estimate of drug-likeness (QED) is 0.702. The molecule has 0 fully saturated rings. The summed E-state index contributed by atoms with van der Waals surface area (Å²) in [4.78, 5) is 0. The SMILES string of the molecule is [O]S(=O)(=O)C1[C]C=Cc2ccccc21. The lowest BCUT2D eigenvalue weighted by Gasteiger charge is -2.16. The van der Waals surface area contributed by atoms with Crippen molar-refractivity contribution in [3.8, 4) is 0 Å². The summed E-state index contributed by atoms with van der Waals surface area (Å²) < 4.78 is 32.7. The molecule has 2 rings (SSSR count). The van der Waals surface area contributed by atoms with Crippen molar-refractivity contribution in [3.05, 3.63) is 47.9 Å². The molecule has 4 heteroatoms. The maximum absolute atomic E-state index is 10.9. The van der Waals surface area contributed by atoms with E-state index in [0.29, 0.717) is 5.56 Å². The fourth-order valence-corrected chi connectivity index (χ4v) is 2.23. The predicted molar refractivity (Wildman–Crippen MR) is 51.1 cm³/mol. The van der Waals surface area contributed by atoms with Gasteiger partial charge in [0.15, 0.2) is 0 Å². The molecule has 0 N–H and O–H groups in total. The first-order valence-corrected chi connectivity index (χ1v) is 5.52. The third kappa shape index (κ3) is 1.58. The average Bonchev–Trinajstić information content (AvgIpc) is 2.15. The lowest BCUT2D eigenvalue weighted by atomic mass is 9.97. The van der Waals surface area contributed by atoms with Crippen LogP contribution in [0.25, 0.3) is 6.08 Å². The number of hydrogen-bond donors (Lipinski definition) is 0. The van der Waals surface area contributed by atoms with Crippen molar-refractivity contribution >= 4 is 16.2 Å². The van der Waals surface area contributed by atoms with E-state index in [4.69, 9.17) is 0 Å². The highest BCUT2D eigenvalue weighted by Gasteiger charge is 2.29. The summed E-state index contributed by atoms with van der Waals surface area (Å²) in [6.45, 7) is 0. The fraction of sp³-hybridized carbons (Fsp3) is 0.100. The maximum Gasteiger partial charge on any atom is 0.302 e. The smallest absolute Gasteiger partial charge is 0.196 e. The molecule has 3 nitrogen and oxygen atoms in total. The first kappa shape index (κ1) is 9.43. The molecule has 0 saturated heterocycles. The first-order chi connectivity index (χ1) is 6.59. The predicted octanol–water partition coefficient (Wildman–Crippen LogP) is 1.60. The molecule has 0 aromatic heterocycles. The highest BCUT2D eigenvalue weighted by atomic mass is 32.2. The fourth-order valence-electron chi connectivity index (χ4n) is 1.46. The van der Waals surface area contributed by atoms with E-state index in [-0.39, 0.29) is 0 Å². The standard InChI is InChI=1S/C10H7O3S/c11-14(12,13)10-7-3-5-8-4-1-2-6-9(8)10/h1-6,10H. The molecule has 1 aromatic carbocycles. The molecule has 0 saturated carbocycles. The van der Waals surface area contributed by atoms with Crippen LogP contribution < -0.4 is 0 Å². The normalized spacial score (nSPS) is 20.5. The number of rotatable bonds is 1. The second-order valence-electron chi connectivity index (χ2n) is 3.00. The van der Waals surface area contributed by atoms with Gasteiger partial charge in [0.05, 0.1) is 0 Å². The lowest BCUT2D eigenvalue weighted by molar-refractivity contribution is 0.407. The van der Waals surface area contributed by atoms with Gasteiger partial charge in [-0.2, -0.15) is 8.42 Å². The zero-order valence-electron chi connectivity index (χ0n) is 7.17. The van der Waals surface area contributed by atoms with Crippen LogP contribution in [-0.4, -0.2) is 8.42 Å². The second kappa shape index (κ2) is 3.22. The summed E-state index contributed by atoms with van der Waals surface area (Å²) in [5.41, 5.74) is 1.26. The monoisotopic (exact) mass is 207 g/mol. The Morgan fingerprint density at radius 2 is 1.93 bits per heavy atom. The molecule has 0 heterocycles. The molecule has 0 aliphatic heterocycles. The molecule has 1 unspecified atom stereocenters. The van der Waals surface area contributed by atoms with Crippen molar-refractivity contribution in [2.45, 2.75) is 5.25 Å². The molecule has 0 bridgehead atoms. The van der Waals surface area contributed by atoms with E-state index in [1.807, 2.05) is 0 Å². The second-order valence-corrected chi connectivity index (χ2v) is 4.46. The van der Waals surface area contributed by atoms with E-state index in [0.717, 1.165) is 5.56 Å². The molecule has 1 atom stereocenters. The highest BCUT2D eigenvalue weighted by molar-refractivity contribution is 7.86. The highest BCUT2D eigenvalue weighted by Crippen LogP contribution is 2.32. The minimum absolute atomic E-state index is 0.505. The van der Waals surface area contributed by atoms with E-state index in [2.05, 4.69) is 6.42 Å². The summed E-state index contributed by atoms with van der Waals surface area (Å²) in [6.07, 6.45) is 5.74. The van der Waals surface area contributed by atoms with Crippen molar-refractivity contribution in [1.29, 1.82) is 0 Å². The van der Waals surface area contributed by atoms with E-state index >= 15 is 0 Å². The van der Waals surface area contributed by atoms with Crippen LogP contribution in [0.3, 0.4) is 0 Å². The molecule has 3 radical (unpaired) electrons. The number of benzene rings is 1. The number of hydrogen-bond acceptors (Lipinski definition) is 2. The Morgan fingerprint density at radius 3 is 2.64 bits per heavy atom.